The number of Topliss-reactive ketones (excluding diaryl/α,β-unsaturated/α-hetero) is 1. The molecule has 0 atom stereocenters. The zero-order valence-corrected chi connectivity index (χ0v) is 17.9. The number of esters is 1. The number of hydrogen-bond donors (Lipinski definition) is 1. The van der Waals surface area contributed by atoms with E-state index in [0.717, 1.165) is 16.8 Å². The van der Waals surface area contributed by atoms with Gasteiger partial charge in [0.2, 0.25) is 5.16 Å². The molecule has 0 spiro atoms. The van der Waals surface area contributed by atoms with E-state index in [9.17, 15) is 9.59 Å². The number of carbonyl (C=O) groups is 2. The topological polar surface area (TPSA) is 103 Å². The molecule has 0 bridgehead atoms. The van der Waals surface area contributed by atoms with E-state index >= 15 is 0 Å². The van der Waals surface area contributed by atoms with E-state index in [0.29, 0.717) is 27.7 Å². The number of aromatic nitrogens is 5. The van der Waals surface area contributed by atoms with Crippen molar-refractivity contribution in [3.8, 4) is 5.69 Å². The van der Waals surface area contributed by atoms with Crippen LogP contribution >= 0.6 is 11.8 Å². The number of H-pyrrole nitrogens is 1. The lowest BCUT2D eigenvalue weighted by atomic mass is 10.1. The van der Waals surface area contributed by atoms with Gasteiger partial charge in [0.15, 0.2) is 5.78 Å². The molecule has 0 aliphatic heterocycles. The lowest BCUT2D eigenvalue weighted by molar-refractivity contribution is 0.0525. The number of ketones is 1. The average molecular weight is 414 g/mol. The van der Waals surface area contributed by atoms with Crippen molar-refractivity contribution in [2.45, 2.75) is 39.8 Å². The van der Waals surface area contributed by atoms with Gasteiger partial charge >= 0.3 is 5.97 Å². The number of carbonyl (C=O) groups excluding carboxylic acids is 2. The largest absolute Gasteiger partial charge is 0.462 e. The van der Waals surface area contributed by atoms with Crippen LogP contribution in [0.5, 0.6) is 0 Å². The molecular weight excluding hydrogens is 390 g/mol. The van der Waals surface area contributed by atoms with Crippen molar-refractivity contribution in [3.63, 3.8) is 0 Å². The van der Waals surface area contributed by atoms with Crippen molar-refractivity contribution in [1.82, 2.24) is 25.2 Å². The molecule has 3 aromatic rings. The summed E-state index contributed by atoms with van der Waals surface area (Å²) in [5.74, 6) is -0.431. The van der Waals surface area contributed by atoms with Crippen molar-refractivity contribution in [1.29, 1.82) is 0 Å². The second-order valence-corrected chi connectivity index (χ2v) is 7.66. The molecule has 0 unspecified atom stereocenters. The smallest absolute Gasteiger partial charge is 0.340 e. The Morgan fingerprint density at radius 1 is 1.21 bits per heavy atom. The van der Waals surface area contributed by atoms with Crippen LogP contribution in [-0.2, 0) is 4.74 Å². The zero-order valence-electron chi connectivity index (χ0n) is 17.1. The summed E-state index contributed by atoms with van der Waals surface area (Å²) in [5.41, 5.74) is 5.10. The molecule has 1 aromatic carbocycles. The highest BCUT2D eigenvalue weighted by molar-refractivity contribution is 7.99. The third-order valence-corrected chi connectivity index (χ3v) is 5.47. The molecule has 0 amide bonds. The number of rotatable bonds is 7. The first-order valence-electron chi connectivity index (χ1n) is 9.21. The third-order valence-electron chi connectivity index (χ3n) is 4.55. The second-order valence-electron chi connectivity index (χ2n) is 6.72. The van der Waals surface area contributed by atoms with Crippen molar-refractivity contribution in [2.75, 3.05) is 12.4 Å². The summed E-state index contributed by atoms with van der Waals surface area (Å²) in [6.07, 6.45) is 0. The quantitative estimate of drug-likeness (QED) is 0.360. The normalized spacial score (nSPS) is 10.9. The summed E-state index contributed by atoms with van der Waals surface area (Å²) in [5, 5.41) is 12.4. The van der Waals surface area contributed by atoms with E-state index in [2.05, 4.69) is 26.6 Å². The van der Waals surface area contributed by atoms with Gasteiger partial charge in [-0.2, -0.15) is 4.68 Å². The maximum Gasteiger partial charge on any atom is 0.340 e. The van der Waals surface area contributed by atoms with Crippen LogP contribution in [0.4, 0.5) is 0 Å². The number of thioether (sulfide) groups is 1. The molecule has 152 valence electrons. The Morgan fingerprint density at radius 2 is 1.97 bits per heavy atom. The van der Waals surface area contributed by atoms with Crippen molar-refractivity contribution in [3.05, 3.63) is 51.8 Å². The van der Waals surface area contributed by atoms with Gasteiger partial charge in [-0.3, -0.25) is 4.79 Å². The van der Waals surface area contributed by atoms with Gasteiger partial charge in [0.1, 0.15) is 0 Å². The second kappa shape index (κ2) is 8.60. The molecule has 2 heterocycles. The van der Waals surface area contributed by atoms with Crippen LogP contribution in [0.3, 0.4) is 0 Å². The molecule has 0 fully saturated rings. The molecule has 0 radical (unpaired) electrons. The summed E-state index contributed by atoms with van der Waals surface area (Å²) >= 11 is 1.25. The van der Waals surface area contributed by atoms with Crippen LogP contribution in [0.1, 0.15) is 50.2 Å². The Morgan fingerprint density at radius 3 is 2.66 bits per heavy atom. The first-order valence-corrected chi connectivity index (χ1v) is 10.2. The lowest BCUT2D eigenvalue weighted by Gasteiger charge is -2.08. The van der Waals surface area contributed by atoms with E-state index < -0.39 is 5.97 Å². The van der Waals surface area contributed by atoms with Gasteiger partial charge in [0, 0.05) is 5.69 Å². The molecule has 0 aliphatic carbocycles. The minimum Gasteiger partial charge on any atom is -0.462 e. The van der Waals surface area contributed by atoms with Gasteiger partial charge in [-0.1, -0.05) is 29.5 Å². The van der Waals surface area contributed by atoms with E-state index in [1.54, 1.807) is 25.5 Å². The van der Waals surface area contributed by atoms with Gasteiger partial charge in [0.05, 0.1) is 29.3 Å². The predicted octanol–water partition coefficient (Wildman–Crippen LogP) is 3.38. The molecule has 0 aliphatic rings. The number of tetrazole rings is 1. The van der Waals surface area contributed by atoms with Gasteiger partial charge < -0.3 is 9.72 Å². The molecular formula is C20H23N5O3S. The molecule has 0 saturated carbocycles. The molecule has 0 saturated heterocycles. The maximum absolute atomic E-state index is 12.8. The number of ether oxygens (including phenoxy) is 1. The highest BCUT2D eigenvalue weighted by atomic mass is 32.2. The highest BCUT2D eigenvalue weighted by Crippen LogP contribution is 2.24. The van der Waals surface area contributed by atoms with Gasteiger partial charge in [-0.05, 0) is 62.2 Å². The SMILES string of the molecule is CCOC(=O)c1c(C)[nH]c(C(=O)CSc2nnnn2-c2ccc(C)cc2C)c1C. The lowest BCUT2D eigenvalue weighted by Crippen LogP contribution is -2.09. The van der Waals surface area contributed by atoms with Crippen LogP contribution in [0.25, 0.3) is 5.69 Å². The van der Waals surface area contributed by atoms with Crippen LogP contribution in [0.2, 0.25) is 0 Å². The number of aryl methyl sites for hydroxylation is 3. The highest BCUT2D eigenvalue weighted by Gasteiger charge is 2.23. The fourth-order valence-electron chi connectivity index (χ4n) is 3.20. The Bertz CT molecular complexity index is 1070. The van der Waals surface area contributed by atoms with Crippen LogP contribution in [0.15, 0.2) is 23.4 Å². The monoisotopic (exact) mass is 413 g/mol. The zero-order chi connectivity index (χ0) is 21.1. The van der Waals surface area contributed by atoms with Crippen LogP contribution in [0, 0.1) is 27.7 Å². The summed E-state index contributed by atoms with van der Waals surface area (Å²) in [7, 11) is 0. The first-order chi connectivity index (χ1) is 13.8. The molecule has 3 rings (SSSR count). The molecule has 29 heavy (non-hydrogen) atoms. The summed E-state index contributed by atoms with van der Waals surface area (Å²) < 4.78 is 6.71. The van der Waals surface area contributed by atoms with E-state index in [1.165, 1.54) is 11.8 Å². The number of hydrogen-bond acceptors (Lipinski definition) is 7. The number of nitrogens with zero attached hydrogens (tertiary/aromatic N) is 4. The number of benzene rings is 1. The molecule has 8 nitrogen and oxygen atoms in total. The van der Waals surface area contributed by atoms with Crippen molar-refractivity contribution in [2.24, 2.45) is 0 Å². The third kappa shape index (κ3) is 4.24. The van der Waals surface area contributed by atoms with Crippen LogP contribution in [-0.4, -0.2) is 49.3 Å². The summed E-state index contributed by atoms with van der Waals surface area (Å²) in [6, 6.07) is 6.00. The van der Waals surface area contributed by atoms with Crippen molar-refractivity contribution < 1.29 is 14.3 Å². The maximum atomic E-state index is 12.8. The standard InChI is InChI=1S/C20H23N5O3S/c1-6-28-19(27)17-13(4)18(21-14(17)5)16(26)10-29-20-22-23-24-25(20)15-8-7-11(2)9-12(15)3/h7-9,21H,6,10H2,1-5H3. The Kier molecular flexibility index (Phi) is 6.17. The minimum atomic E-state index is -0.427. The van der Waals surface area contributed by atoms with E-state index in [1.807, 2.05) is 26.0 Å². The summed E-state index contributed by atoms with van der Waals surface area (Å²) in [4.78, 5) is 27.9. The fraction of sp³-hybridized carbons (Fsp3) is 0.350. The summed E-state index contributed by atoms with van der Waals surface area (Å²) in [6.45, 7) is 9.54. The minimum absolute atomic E-state index is 0.133. The van der Waals surface area contributed by atoms with E-state index in [4.69, 9.17) is 4.74 Å². The Hall–Kier alpha value is -2.94. The predicted molar refractivity (Wildman–Crippen MR) is 110 cm³/mol. The average Bonchev–Trinajstić information content (AvgIpc) is 3.24. The van der Waals surface area contributed by atoms with Crippen molar-refractivity contribution >= 4 is 23.5 Å². The van der Waals surface area contributed by atoms with Gasteiger partial charge in [0.25, 0.3) is 0 Å². The van der Waals surface area contributed by atoms with Gasteiger partial charge in [-0.15, -0.1) is 5.10 Å². The number of nitrogens with one attached hydrogen (secondary N) is 1. The Balaban J connectivity index is 1.79. The Labute approximate surface area is 173 Å². The molecule has 9 heteroatoms. The molecule has 2 aromatic heterocycles. The van der Waals surface area contributed by atoms with E-state index in [-0.39, 0.29) is 18.1 Å². The number of aromatic amines is 1. The van der Waals surface area contributed by atoms with Crippen LogP contribution < -0.4 is 0 Å². The van der Waals surface area contributed by atoms with Gasteiger partial charge in [-0.25, -0.2) is 4.79 Å². The molecule has 1 N–H and O–H groups in total. The fourth-order valence-corrected chi connectivity index (χ4v) is 3.96. The first kappa shape index (κ1) is 20.8.